The Morgan fingerprint density at radius 2 is 1.86 bits per heavy atom. The fourth-order valence-corrected chi connectivity index (χ4v) is 0.863. The summed E-state index contributed by atoms with van der Waals surface area (Å²) in [6.07, 6.45) is -2.09. The molecule has 0 fully saturated rings. The van der Waals surface area contributed by atoms with Crippen LogP contribution in [0.15, 0.2) is 0 Å². The highest BCUT2D eigenvalue weighted by molar-refractivity contribution is 7.53. The third-order valence-corrected chi connectivity index (χ3v) is 1.88. The van der Waals surface area contributed by atoms with Gasteiger partial charge in [0.25, 0.3) is 5.79 Å². The molecule has 0 aliphatic heterocycles. The summed E-state index contributed by atoms with van der Waals surface area (Å²) in [5.74, 6) is -4.19. The van der Waals surface area contributed by atoms with E-state index in [1.165, 1.54) is 0 Å². The number of Topliss-reactive ketones (excluding diaryl/α,β-unsaturated/α-hetero) is 1. The van der Waals surface area contributed by atoms with Crippen molar-refractivity contribution in [3.05, 3.63) is 0 Å². The van der Waals surface area contributed by atoms with Gasteiger partial charge in [0.1, 0.15) is 12.7 Å². The van der Waals surface area contributed by atoms with Crippen LogP contribution >= 0.6 is 8.17 Å². The van der Waals surface area contributed by atoms with Gasteiger partial charge in [-0.15, -0.1) is 0 Å². The first kappa shape index (κ1) is 13.8. The van der Waals surface area contributed by atoms with Crippen LogP contribution in [-0.2, 0) is 9.32 Å². The van der Waals surface area contributed by atoms with Crippen LogP contribution in [0.5, 0.6) is 0 Å². The van der Waals surface area contributed by atoms with Crippen LogP contribution < -0.4 is 0 Å². The van der Waals surface area contributed by atoms with Crippen molar-refractivity contribution in [2.75, 3.05) is 6.61 Å². The monoisotopic (exact) mass is 231 g/mol. The first-order valence-electron chi connectivity index (χ1n) is 3.43. The van der Waals surface area contributed by atoms with E-state index < -0.39 is 32.5 Å². The number of ketones is 1. The Balaban J connectivity index is 4.22. The van der Waals surface area contributed by atoms with E-state index in [-0.39, 0.29) is 0 Å². The molecular formula is C5H12O8P+. The van der Waals surface area contributed by atoms with E-state index in [0.717, 1.165) is 6.92 Å². The Hall–Kier alpha value is -0.180. The third kappa shape index (κ3) is 4.36. The molecule has 8 nitrogen and oxygen atoms in total. The van der Waals surface area contributed by atoms with Crippen LogP contribution in [0.2, 0.25) is 0 Å². The second-order valence-electron chi connectivity index (χ2n) is 2.61. The van der Waals surface area contributed by atoms with Crippen molar-refractivity contribution < 1.29 is 39.3 Å². The molecule has 9 heteroatoms. The van der Waals surface area contributed by atoms with Crippen molar-refractivity contribution in [3.63, 3.8) is 0 Å². The molecule has 0 aromatic rings. The van der Waals surface area contributed by atoms with Gasteiger partial charge in [-0.3, -0.25) is 4.79 Å². The predicted octanol–water partition coefficient (Wildman–Crippen LogP) is -2.71. The van der Waals surface area contributed by atoms with Crippen LogP contribution in [0, 0.1) is 0 Å². The summed E-state index contributed by atoms with van der Waals surface area (Å²) < 4.78 is 3.88. The van der Waals surface area contributed by atoms with Gasteiger partial charge in [0.15, 0.2) is 5.78 Å². The third-order valence-electron chi connectivity index (χ3n) is 1.39. The van der Waals surface area contributed by atoms with Crippen molar-refractivity contribution in [1.29, 1.82) is 0 Å². The van der Waals surface area contributed by atoms with Gasteiger partial charge in [0, 0.05) is 6.92 Å². The van der Waals surface area contributed by atoms with Crippen LogP contribution in [0.3, 0.4) is 0 Å². The number of aliphatic hydroxyl groups excluding tert-OH is 1. The van der Waals surface area contributed by atoms with Gasteiger partial charge < -0.3 is 15.3 Å². The Morgan fingerprint density at radius 1 is 1.43 bits per heavy atom. The summed E-state index contributed by atoms with van der Waals surface area (Å²) in [6, 6.07) is 0. The topological polar surface area (TPSA) is 148 Å². The van der Waals surface area contributed by atoms with E-state index in [0.29, 0.717) is 0 Å². The minimum atomic E-state index is -4.56. The highest BCUT2D eigenvalue weighted by Gasteiger charge is 2.43. The molecule has 0 spiro atoms. The van der Waals surface area contributed by atoms with Crippen molar-refractivity contribution in [2.45, 2.75) is 18.8 Å². The number of hydrogen-bond acceptors (Lipinski definition) is 8. The molecule has 0 saturated heterocycles. The smallest absolute Gasteiger partial charge is 0.384 e. The fraction of sp³-hybridized carbons (Fsp3) is 0.800. The minimum absolute atomic E-state index is 0.808. The van der Waals surface area contributed by atoms with Gasteiger partial charge in [-0.25, -0.2) is 0 Å². The molecule has 0 bridgehead atoms. The fourth-order valence-electron chi connectivity index (χ4n) is 0.521. The normalized spacial score (nSPS) is 15.4. The standard InChI is InChI=1S/C5H12O8P/c1-3(6)5(8,9)4(7)2-13-14(10,11)12/h4,7-12H,2H2,1H3/q+1/t4-/m0/s1. The molecule has 0 saturated carbocycles. The Labute approximate surface area is 79.7 Å². The maximum absolute atomic E-state index is 10.5. The highest BCUT2D eigenvalue weighted by Crippen LogP contribution is 2.45. The Bertz CT molecular complexity index is 208. The molecule has 0 aliphatic rings. The van der Waals surface area contributed by atoms with E-state index >= 15 is 0 Å². The maximum atomic E-state index is 10.5. The molecular weight excluding hydrogens is 219 g/mol. The lowest BCUT2D eigenvalue weighted by atomic mass is 10.1. The molecule has 0 unspecified atom stereocenters. The van der Waals surface area contributed by atoms with Gasteiger partial charge in [0.05, 0.1) is 0 Å². The number of carbonyl (C=O) groups excluding carboxylic acids is 1. The molecule has 0 amide bonds. The molecule has 84 valence electrons. The van der Waals surface area contributed by atoms with Crippen molar-refractivity contribution in [1.82, 2.24) is 0 Å². The zero-order chi connectivity index (χ0) is 11.6. The summed E-state index contributed by atoms with van der Waals surface area (Å²) in [5.41, 5.74) is 0. The molecule has 0 radical (unpaired) electrons. The summed E-state index contributed by atoms with van der Waals surface area (Å²) in [6.45, 7) is -0.202. The lowest BCUT2D eigenvalue weighted by Crippen LogP contribution is -2.50. The molecule has 14 heavy (non-hydrogen) atoms. The lowest BCUT2D eigenvalue weighted by molar-refractivity contribution is -0.223. The van der Waals surface area contributed by atoms with Crippen molar-refractivity contribution >= 4 is 14.0 Å². The molecule has 0 rings (SSSR count). The van der Waals surface area contributed by atoms with Crippen LogP contribution in [0.4, 0.5) is 0 Å². The second-order valence-corrected chi connectivity index (χ2v) is 3.89. The number of rotatable bonds is 5. The average molecular weight is 231 g/mol. The van der Waals surface area contributed by atoms with Gasteiger partial charge in [-0.1, -0.05) is 0 Å². The average Bonchev–Trinajstić information content (AvgIpc) is 1.98. The molecule has 0 aliphatic carbocycles. The van der Waals surface area contributed by atoms with Gasteiger partial charge in [-0.05, 0) is 0 Å². The summed E-state index contributed by atoms with van der Waals surface area (Å²) >= 11 is 0. The molecule has 0 aromatic heterocycles. The number of hydrogen-bond donors (Lipinski definition) is 6. The zero-order valence-electron chi connectivity index (χ0n) is 7.23. The lowest BCUT2D eigenvalue weighted by Gasteiger charge is -2.23. The van der Waals surface area contributed by atoms with E-state index in [2.05, 4.69) is 4.52 Å². The minimum Gasteiger partial charge on any atom is -0.384 e. The zero-order valence-corrected chi connectivity index (χ0v) is 8.13. The molecule has 6 N–H and O–H groups in total. The maximum Gasteiger partial charge on any atom is 0.567 e. The van der Waals surface area contributed by atoms with E-state index in [1.54, 1.807) is 0 Å². The summed E-state index contributed by atoms with van der Waals surface area (Å²) in [4.78, 5) is 35.5. The largest absolute Gasteiger partial charge is 0.567 e. The van der Waals surface area contributed by atoms with Gasteiger partial charge in [-0.2, -0.15) is 19.2 Å². The van der Waals surface area contributed by atoms with Crippen molar-refractivity contribution in [3.8, 4) is 0 Å². The SMILES string of the molecule is CC(=O)C(O)(O)[C@@H](O)CO[P+](O)(O)O. The van der Waals surface area contributed by atoms with E-state index in [1.807, 2.05) is 0 Å². The van der Waals surface area contributed by atoms with E-state index in [4.69, 9.17) is 30.0 Å². The quantitative estimate of drug-likeness (QED) is 0.221. The number of carbonyl (C=O) groups is 1. The van der Waals surface area contributed by atoms with Gasteiger partial charge in [0.2, 0.25) is 0 Å². The predicted molar refractivity (Wildman–Crippen MR) is 43.4 cm³/mol. The number of aliphatic hydroxyl groups is 3. The van der Waals surface area contributed by atoms with E-state index in [9.17, 15) is 4.79 Å². The molecule has 0 aromatic carbocycles. The second kappa shape index (κ2) is 4.56. The molecule has 0 heterocycles. The first-order chi connectivity index (χ1) is 6.07. The van der Waals surface area contributed by atoms with Gasteiger partial charge >= 0.3 is 8.17 Å². The Kier molecular flexibility index (Phi) is 4.50. The van der Waals surface area contributed by atoms with Crippen LogP contribution in [0.25, 0.3) is 0 Å². The first-order valence-corrected chi connectivity index (χ1v) is 4.99. The summed E-state index contributed by atoms with van der Waals surface area (Å²) in [5, 5.41) is 26.8. The summed E-state index contributed by atoms with van der Waals surface area (Å²) in [7, 11) is -4.56. The highest BCUT2D eigenvalue weighted by atomic mass is 31.2. The van der Waals surface area contributed by atoms with Crippen molar-refractivity contribution in [2.24, 2.45) is 0 Å². The van der Waals surface area contributed by atoms with Crippen LogP contribution in [0.1, 0.15) is 6.92 Å². The Morgan fingerprint density at radius 3 is 2.14 bits per heavy atom. The molecule has 1 atom stereocenters. The van der Waals surface area contributed by atoms with Crippen LogP contribution in [-0.4, -0.2) is 54.3 Å².